The third kappa shape index (κ3) is 5.45. The molecule has 32 heavy (non-hydrogen) atoms. The molecular formula is C23H17Cl3N4OS. The average molecular weight is 504 g/mol. The zero-order chi connectivity index (χ0) is 22.5. The van der Waals surface area contributed by atoms with Crippen LogP contribution in [0.15, 0.2) is 78.0 Å². The number of carbonyl (C=O) groups is 1. The van der Waals surface area contributed by atoms with Gasteiger partial charge in [0.15, 0.2) is 11.0 Å². The van der Waals surface area contributed by atoms with Gasteiger partial charge in [0.25, 0.3) is 5.91 Å². The fourth-order valence-electron chi connectivity index (χ4n) is 3.00. The van der Waals surface area contributed by atoms with Crippen molar-refractivity contribution >= 4 is 52.5 Å². The minimum atomic E-state index is -0.239. The predicted octanol–water partition coefficient (Wildman–Crippen LogP) is 6.45. The van der Waals surface area contributed by atoms with Crippen LogP contribution in [0.25, 0.3) is 5.69 Å². The third-order valence-corrected chi connectivity index (χ3v) is 6.37. The van der Waals surface area contributed by atoms with Crippen LogP contribution in [0.2, 0.25) is 15.1 Å². The summed E-state index contributed by atoms with van der Waals surface area (Å²) in [6.07, 6.45) is 0. The van der Waals surface area contributed by atoms with Gasteiger partial charge in [-0.2, -0.15) is 0 Å². The van der Waals surface area contributed by atoms with E-state index in [1.54, 1.807) is 36.4 Å². The number of halogens is 3. The summed E-state index contributed by atoms with van der Waals surface area (Å²) in [7, 11) is 0. The number of hydrogen-bond donors (Lipinski definition) is 1. The van der Waals surface area contributed by atoms with E-state index >= 15 is 0 Å². The molecule has 1 N–H and O–H groups in total. The fourth-order valence-corrected chi connectivity index (χ4v) is 4.54. The molecule has 0 spiro atoms. The van der Waals surface area contributed by atoms with Crippen LogP contribution in [0.1, 0.15) is 21.7 Å². The summed E-state index contributed by atoms with van der Waals surface area (Å²) in [4.78, 5) is 12.5. The quantitative estimate of drug-likeness (QED) is 0.294. The molecule has 9 heteroatoms. The van der Waals surface area contributed by atoms with Crippen molar-refractivity contribution in [3.05, 3.63) is 105 Å². The van der Waals surface area contributed by atoms with Crippen LogP contribution in [0.4, 0.5) is 0 Å². The van der Waals surface area contributed by atoms with Gasteiger partial charge in [0.1, 0.15) is 0 Å². The second-order valence-electron chi connectivity index (χ2n) is 6.79. The first-order valence-corrected chi connectivity index (χ1v) is 11.7. The van der Waals surface area contributed by atoms with Gasteiger partial charge in [0, 0.05) is 21.4 Å². The maximum Gasteiger partial charge on any atom is 0.251 e. The van der Waals surface area contributed by atoms with Crippen LogP contribution in [-0.2, 0) is 12.3 Å². The molecule has 0 bridgehead atoms. The summed E-state index contributed by atoms with van der Waals surface area (Å²) in [6.45, 7) is 0.166. The lowest BCUT2D eigenvalue weighted by molar-refractivity contribution is 0.0949. The minimum Gasteiger partial charge on any atom is -0.345 e. The molecule has 162 valence electrons. The SMILES string of the molecule is O=C(NCc1nnc(SCc2ccccc2)n1-c1ccc(Cl)cc1Cl)c1ccc(Cl)cc1. The monoisotopic (exact) mass is 502 g/mol. The molecule has 0 saturated heterocycles. The average Bonchev–Trinajstić information content (AvgIpc) is 3.20. The number of nitrogens with zero attached hydrogens (tertiary/aromatic N) is 3. The van der Waals surface area contributed by atoms with Crippen LogP contribution in [0.5, 0.6) is 0 Å². The smallest absolute Gasteiger partial charge is 0.251 e. The molecule has 0 radical (unpaired) electrons. The standard InChI is InChI=1S/C23H17Cl3N4OS/c24-17-8-6-16(7-9-17)22(31)27-13-21-28-29-23(32-14-15-4-2-1-3-5-15)30(21)20-11-10-18(25)12-19(20)26/h1-12H,13-14H2,(H,27,31). The van der Waals surface area contributed by atoms with E-state index in [4.69, 9.17) is 34.8 Å². The van der Waals surface area contributed by atoms with E-state index in [9.17, 15) is 4.79 Å². The van der Waals surface area contributed by atoms with Gasteiger partial charge in [-0.05, 0) is 48.0 Å². The van der Waals surface area contributed by atoms with Crippen LogP contribution in [0.3, 0.4) is 0 Å². The summed E-state index contributed by atoms with van der Waals surface area (Å²) >= 11 is 20.0. The number of nitrogens with one attached hydrogen (secondary N) is 1. The largest absolute Gasteiger partial charge is 0.345 e. The number of benzene rings is 3. The molecule has 4 aromatic rings. The van der Waals surface area contributed by atoms with Crippen molar-refractivity contribution in [3.63, 3.8) is 0 Å². The lowest BCUT2D eigenvalue weighted by Gasteiger charge is -2.13. The zero-order valence-corrected chi connectivity index (χ0v) is 19.7. The summed E-state index contributed by atoms with van der Waals surface area (Å²) < 4.78 is 1.84. The van der Waals surface area contributed by atoms with Crippen molar-refractivity contribution in [1.82, 2.24) is 20.1 Å². The highest BCUT2D eigenvalue weighted by Gasteiger charge is 2.18. The van der Waals surface area contributed by atoms with Crippen molar-refractivity contribution in [3.8, 4) is 5.69 Å². The number of aromatic nitrogens is 3. The first-order chi connectivity index (χ1) is 15.5. The topological polar surface area (TPSA) is 59.8 Å². The van der Waals surface area contributed by atoms with E-state index < -0.39 is 0 Å². The molecule has 3 aromatic carbocycles. The highest BCUT2D eigenvalue weighted by Crippen LogP contribution is 2.30. The van der Waals surface area contributed by atoms with Gasteiger partial charge in [-0.15, -0.1) is 10.2 Å². The Morgan fingerprint density at radius 1 is 0.906 bits per heavy atom. The van der Waals surface area contributed by atoms with E-state index in [0.29, 0.717) is 43.1 Å². The Kier molecular flexibility index (Phi) is 7.37. The number of amides is 1. The molecule has 1 amide bonds. The third-order valence-electron chi connectivity index (χ3n) is 4.58. The molecule has 1 heterocycles. The Hall–Kier alpha value is -2.51. The first-order valence-electron chi connectivity index (χ1n) is 9.61. The number of rotatable bonds is 7. The minimum absolute atomic E-state index is 0.166. The number of hydrogen-bond acceptors (Lipinski definition) is 4. The summed E-state index contributed by atoms with van der Waals surface area (Å²) in [6, 6.07) is 22.0. The normalized spacial score (nSPS) is 10.8. The van der Waals surface area contributed by atoms with Crippen molar-refractivity contribution in [2.24, 2.45) is 0 Å². The molecule has 0 aliphatic heterocycles. The fraction of sp³-hybridized carbons (Fsp3) is 0.0870. The van der Waals surface area contributed by atoms with E-state index in [1.165, 1.54) is 11.8 Å². The van der Waals surface area contributed by atoms with Gasteiger partial charge in [-0.25, -0.2) is 0 Å². The maximum absolute atomic E-state index is 12.5. The van der Waals surface area contributed by atoms with E-state index in [0.717, 1.165) is 5.56 Å². The molecule has 0 atom stereocenters. The summed E-state index contributed by atoms with van der Waals surface area (Å²) in [5.74, 6) is 1.02. The van der Waals surface area contributed by atoms with Crippen molar-refractivity contribution in [2.45, 2.75) is 17.5 Å². The van der Waals surface area contributed by atoms with Gasteiger partial charge in [0.2, 0.25) is 0 Å². The van der Waals surface area contributed by atoms with E-state index in [1.807, 2.05) is 28.8 Å². The van der Waals surface area contributed by atoms with Crippen LogP contribution >= 0.6 is 46.6 Å². The second kappa shape index (κ2) is 10.4. The maximum atomic E-state index is 12.5. The lowest BCUT2D eigenvalue weighted by atomic mass is 10.2. The number of carbonyl (C=O) groups excluding carboxylic acids is 1. The van der Waals surface area contributed by atoms with Gasteiger partial charge in [-0.3, -0.25) is 9.36 Å². The van der Waals surface area contributed by atoms with Gasteiger partial charge in [-0.1, -0.05) is 76.9 Å². The molecule has 5 nitrogen and oxygen atoms in total. The Balaban J connectivity index is 1.60. The molecule has 1 aromatic heterocycles. The highest BCUT2D eigenvalue weighted by atomic mass is 35.5. The van der Waals surface area contributed by atoms with Crippen LogP contribution in [-0.4, -0.2) is 20.7 Å². The zero-order valence-electron chi connectivity index (χ0n) is 16.6. The van der Waals surface area contributed by atoms with Crippen LogP contribution < -0.4 is 5.32 Å². The van der Waals surface area contributed by atoms with Gasteiger partial charge < -0.3 is 5.32 Å². The molecule has 0 unspecified atom stereocenters. The molecule has 0 aliphatic rings. The summed E-state index contributed by atoms with van der Waals surface area (Å²) in [5.41, 5.74) is 2.35. The molecule has 0 fully saturated rings. The van der Waals surface area contributed by atoms with Gasteiger partial charge in [0.05, 0.1) is 17.3 Å². The van der Waals surface area contributed by atoms with Crippen LogP contribution in [0, 0.1) is 0 Å². The Morgan fingerprint density at radius 3 is 2.34 bits per heavy atom. The number of thioether (sulfide) groups is 1. The van der Waals surface area contributed by atoms with Crippen molar-refractivity contribution < 1.29 is 4.79 Å². The highest BCUT2D eigenvalue weighted by molar-refractivity contribution is 7.98. The molecular weight excluding hydrogens is 487 g/mol. The first kappa shape index (κ1) is 22.7. The van der Waals surface area contributed by atoms with Crippen molar-refractivity contribution in [2.75, 3.05) is 0 Å². The Labute approximate surface area is 204 Å². The Bertz CT molecular complexity index is 1230. The molecule has 4 rings (SSSR count). The molecule has 0 saturated carbocycles. The summed E-state index contributed by atoms with van der Waals surface area (Å²) in [5, 5.41) is 13.8. The van der Waals surface area contributed by atoms with E-state index in [2.05, 4.69) is 27.6 Å². The van der Waals surface area contributed by atoms with Crippen molar-refractivity contribution in [1.29, 1.82) is 0 Å². The molecule has 0 aliphatic carbocycles. The Morgan fingerprint density at radius 2 is 1.62 bits per heavy atom. The second-order valence-corrected chi connectivity index (χ2v) is 9.02. The predicted molar refractivity (Wildman–Crippen MR) is 130 cm³/mol. The van der Waals surface area contributed by atoms with E-state index in [-0.39, 0.29) is 12.5 Å². The lowest BCUT2D eigenvalue weighted by Crippen LogP contribution is -2.24. The van der Waals surface area contributed by atoms with Gasteiger partial charge >= 0.3 is 0 Å².